The Bertz CT molecular complexity index is 827. The van der Waals surface area contributed by atoms with E-state index < -0.39 is 39.2 Å². The maximum atomic E-state index is 12.2. The summed E-state index contributed by atoms with van der Waals surface area (Å²) in [6.45, 7) is -0.203. The molecule has 134 valence electrons. The average molecular weight is 360 g/mol. The molecule has 0 bridgehead atoms. The van der Waals surface area contributed by atoms with Crippen LogP contribution in [0.15, 0.2) is 21.9 Å². The van der Waals surface area contributed by atoms with E-state index in [1.807, 2.05) is 4.98 Å². The first kappa shape index (κ1) is 18.4. The summed E-state index contributed by atoms with van der Waals surface area (Å²) in [7, 11) is -0.684. The van der Waals surface area contributed by atoms with E-state index in [1.54, 1.807) is 0 Å². The third kappa shape index (κ3) is 4.10. The number of aromatic amines is 1. The molecular formula is C13H20N4O6S. The number of aliphatic hydroxyl groups excluding tert-OH is 1. The Morgan fingerprint density at radius 1 is 1.38 bits per heavy atom. The van der Waals surface area contributed by atoms with Crippen LogP contribution in [0.2, 0.25) is 0 Å². The van der Waals surface area contributed by atoms with E-state index in [4.69, 9.17) is 0 Å². The zero-order chi connectivity index (χ0) is 18.1. The van der Waals surface area contributed by atoms with Gasteiger partial charge in [-0.2, -0.15) is 0 Å². The van der Waals surface area contributed by atoms with Gasteiger partial charge in [0.1, 0.15) is 6.54 Å². The van der Waals surface area contributed by atoms with Gasteiger partial charge in [0.25, 0.3) is 5.56 Å². The van der Waals surface area contributed by atoms with Gasteiger partial charge in [0, 0.05) is 45.4 Å². The van der Waals surface area contributed by atoms with Gasteiger partial charge in [-0.15, -0.1) is 0 Å². The summed E-state index contributed by atoms with van der Waals surface area (Å²) in [5.41, 5.74) is -1.27. The number of amides is 1. The first-order chi connectivity index (χ1) is 11.1. The molecule has 1 fully saturated rings. The van der Waals surface area contributed by atoms with Crippen LogP contribution in [0.3, 0.4) is 0 Å². The Hall–Kier alpha value is -1.98. The fraction of sp³-hybridized carbons (Fsp3) is 0.615. The zero-order valence-electron chi connectivity index (χ0n) is 13.4. The highest BCUT2D eigenvalue weighted by atomic mass is 32.2. The summed E-state index contributed by atoms with van der Waals surface area (Å²) in [6, 6.07) is 1.12. The molecule has 24 heavy (non-hydrogen) atoms. The van der Waals surface area contributed by atoms with Crippen LogP contribution in [-0.2, 0) is 21.4 Å². The molecule has 0 aromatic carbocycles. The van der Waals surface area contributed by atoms with Crippen molar-refractivity contribution in [3.8, 4) is 0 Å². The van der Waals surface area contributed by atoms with Crippen molar-refractivity contribution in [2.45, 2.75) is 12.6 Å². The SMILES string of the molecule is CN(C)S(=O)(=O)C[C@@H]1CN(C(=O)Cn2ccc(=O)[nH]c2=O)C[C@H]1O. The third-order valence-electron chi connectivity index (χ3n) is 3.94. The number of aromatic nitrogens is 2. The smallest absolute Gasteiger partial charge is 0.328 e. The van der Waals surface area contributed by atoms with Gasteiger partial charge < -0.3 is 10.0 Å². The fourth-order valence-electron chi connectivity index (χ4n) is 2.46. The number of likely N-dealkylation sites (tertiary alicyclic amines) is 1. The first-order valence-electron chi connectivity index (χ1n) is 7.26. The van der Waals surface area contributed by atoms with Gasteiger partial charge in [0.2, 0.25) is 15.9 Å². The van der Waals surface area contributed by atoms with E-state index in [9.17, 15) is 27.9 Å². The molecule has 11 heteroatoms. The molecule has 0 spiro atoms. The molecule has 2 heterocycles. The number of sulfonamides is 1. The van der Waals surface area contributed by atoms with Crippen molar-refractivity contribution >= 4 is 15.9 Å². The summed E-state index contributed by atoms with van der Waals surface area (Å²) >= 11 is 0. The van der Waals surface area contributed by atoms with Crippen molar-refractivity contribution in [2.24, 2.45) is 5.92 Å². The Kier molecular flexibility index (Phi) is 5.26. The zero-order valence-corrected chi connectivity index (χ0v) is 14.2. The van der Waals surface area contributed by atoms with E-state index in [0.29, 0.717) is 0 Å². The monoisotopic (exact) mass is 360 g/mol. The van der Waals surface area contributed by atoms with E-state index in [-0.39, 0.29) is 25.4 Å². The van der Waals surface area contributed by atoms with Crippen LogP contribution in [0.1, 0.15) is 0 Å². The van der Waals surface area contributed by atoms with Crippen molar-refractivity contribution in [1.29, 1.82) is 0 Å². The number of aliphatic hydroxyl groups is 1. The second-order valence-electron chi connectivity index (χ2n) is 5.93. The predicted octanol–water partition coefficient (Wildman–Crippen LogP) is -2.75. The topological polar surface area (TPSA) is 133 Å². The lowest BCUT2D eigenvalue weighted by Crippen LogP contribution is -2.37. The van der Waals surface area contributed by atoms with Gasteiger partial charge in [-0.3, -0.25) is 19.1 Å². The normalized spacial score (nSPS) is 21.4. The second kappa shape index (κ2) is 6.87. The highest BCUT2D eigenvalue weighted by Crippen LogP contribution is 2.20. The maximum Gasteiger partial charge on any atom is 0.328 e. The van der Waals surface area contributed by atoms with Crippen molar-refractivity contribution in [1.82, 2.24) is 18.8 Å². The number of nitrogens with one attached hydrogen (secondary N) is 1. The molecule has 2 N–H and O–H groups in total. The van der Waals surface area contributed by atoms with E-state index in [0.717, 1.165) is 14.9 Å². The molecule has 0 saturated carbocycles. The summed E-state index contributed by atoms with van der Waals surface area (Å²) in [5.74, 6) is -1.29. The van der Waals surface area contributed by atoms with Gasteiger partial charge in [0.05, 0.1) is 11.9 Å². The molecule has 1 saturated heterocycles. The number of β-amino-alcohol motifs (C(OH)–C–C–N with tert-alkyl or cyclic N) is 1. The van der Waals surface area contributed by atoms with Crippen LogP contribution in [-0.4, -0.2) is 77.2 Å². The minimum Gasteiger partial charge on any atom is -0.391 e. The number of rotatable bonds is 5. The summed E-state index contributed by atoms with van der Waals surface area (Å²) in [4.78, 5) is 38.2. The van der Waals surface area contributed by atoms with Gasteiger partial charge in [-0.25, -0.2) is 17.5 Å². The van der Waals surface area contributed by atoms with Crippen LogP contribution in [0.25, 0.3) is 0 Å². The van der Waals surface area contributed by atoms with E-state index in [2.05, 4.69) is 0 Å². The lowest BCUT2D eigenvalue weighted by atomic mass is 10.1. The van der Waals surface area contributed by atoms with Gasteiger partial charge in [-0.05, 0) is 0 Å². The highest BCUT2D eigenvalue weighted by molar-refractivity contribution is 7.89. The Balaban J connectivity index is 2.05. The summed E-state index contributed by atoms with van der Waals surface area (Å²) in [6.07, 6.45) is 0.260. The molecule has 1 aromatic heterocycles. The number of hydrogen-bond acceptors (Lipinski definition) is 6. The fourth-order valence-corrected chi connectivity index (χ4v) is 3.62. The quantitative estimate of drug-likeness (QED) is 0.585. The van der Waals surface area contributed by atoms with Crippen LogP contribution < -0.4 is 11.2 Å². The summed E-state index contributed by atoms with van der Waals surface area (Å²) < 4.78 is 25.9. The van der Waals surface area contributed by atoms with E-state index >= 15 is 0 Å². The number of carbonyl (C=O) groups excluding carboxylic acids is 1. The summed E-state index contributed by atoms with van der Waals surface area (Å²) in [5, 5.41) is 10.0. The molecule has 1 aromatic rings. The average Bonchev–Trinajstić information content (AvgIpc) is 2.82. The Labute approximate surface area is 138 Å². The van der Waals surface area contributed by atoms with E-state index in [1.165, 1.54) is 25.2 Å². The van der Waals surface area contributed by atoms with Crippen LogP contribution in [0, 0.1) is 5.92 Å². The number of hydrogen-bond donors (Lipinski definition) is 2. The molecule has 1 aliphatic heterocycles. The van der Waals surface area contributed by atoms with Crippen LogP contribution in [0.5, 0.6) is 0 Å². The highest BCUT2D eigenvalue weighted by Gasteiger charge is 2.37. The van der Waals surface area contributed by atoms with Crippen molar-refractivity contribution in [2.75, 3.05) is 32.9 Å². The second-order valence-corrected chi connectivity index (χ2v) is 8.15. The number of nitrogens with zero attached hydrogens (tertiary/aromatic N) is 3. The minimum absolute atomic E-state index is 0.00452. The van der Waals surface area contributed by atoms with Crippen LogP contribution >= 0.6 is 0 Å². The predicted molar refractivity (Wildman–Crippen MR) is 84.9 cm³/mol. The molecule has 0 radical (unpaired) electrons. The minimum atomic E-state index is -3.49. The largest absolute Gasteiger partial charge is 0.391 e. The Morgan fingerprint density at radius 2 is 2.04 bits per heavy atom. The van der Waals surface area contributed by atoms with Crippen LogP contribution in [0.4, 0.5) is 0 Å². The molecule has 0 unspecified atom stereocenters. The number of carbonyl (C=O) groups is 1. The molecule has 1 aliphatic rings. The van der Waals surface area contributed by atoms with Crippen molar-refractivity contribution < 1.29 is 18.3 Å². The van der Waals surface area contributed by atoms with Crippen molar-refractivity contribution in [3.63, 3.8) is 0 Å². The lowest BCUT2D eigenvalue weighted by molar-refractivity contribution is -0.131. The molecule has 2 rings (SSSR count). The van der Waals surface area contributed by atoms with Gasteiger partial charge >= 0.3 is 5.69 Å². The first-order valence-corrected chi connectivity index (χ1v) is 8.87. The number of H-pyrrole nitrogens is 1. The molecule has 10 nitrogen and oxygen atoms in total. The molecule has 1 amide bonds. The maximum absolute atomic E-state index is 12.2. The molecule has 0 aliphatic carbocycles. The molecule has 2 atom stereocenters. The standard InChI is InChI=1S/C13H20N4O6S/c1-15(2)24(22,23)8-9-5-17(6-10(9)18)12(20)7-16-4-3-11(19)14-13(16)21/h3-4,9-10,18H,5-8H2,1-2H3,(H,14,19,21)/t9-,10+/m0/s1. The third-order valence-corrected chi connectivity index (χ3v) is 5.90. The Morgan fingerprint density at radius 3 is 2.62 bits per heavy atom. The van der Waals surface area contributed by atoms with Gasteiger partial charge in [-0.1, -0.05) is 0 Å². The van der Waals surface area contributed by atoms with Gasteiger partial charge in [0.15, 0.2) is 0 Å². The lowest BCUT2D eigenvalue weighted by Gasteiger charge is -2.18. The molecular weight excluding hydrogens is 340 g/mol. The van der Waals surface area contributed by atoms with Crippen molar-refractivity contribution in [3.05, 3.63) is 33.1 Å².